The Morgan fingerprint density at radius 2 is 1.96 bits per heavy atom. The molecule has 0 N–H and O–H groups in total. The zero-order chi connectivity index (χ0) is 18.0. The minimum atomic E-state index is -4.44. The monoisotopic (exact) mass is 414 g/mol. The molecule has 4 nitrogen and oxygen atoms in total. The highest BCUT2D eigenvalue weighted by molar-refractivity contribution is 9.10. The van der Waals surface area contributed by atoms with Gasteiger partial charge in [-0.3, -0.25) is 4.79 Å². The van der Waals surface area contributed by atoms with E-state index < -0.39 is 11.7 Å². The molecule has 0 radical (unpaired) electrons. The minimum absolute atomic E-state index is 0.0854. The number of likely N-dealkylation sites (tertiary alicyclic amines) is 1. The smallest absolute Gasteiger partial charge is 0.416 e. The number of hydrogen-bond donors (Lipinski definition) is 0. The van der Waals surface area contributed by atoms with E-state index >= 15 is 0 Å². The van der Waals surface area contributed by atoms with Gasteiger partial charge in [0.1, 0.15) is 6.10 Å². The van der Waals surface area contributed by atoms with E-state index in [4.69, 9.17) is 4.74 Å². The number of aromatic nitrogens is 1. The highest BCUT2D eigenvalue weighted by atomic mass is 79.9. The Balaban J connectivity index is 1.63. The topological polar surface area (TPSA) is 42.4 Å². The van der Waals surface area contributed by atoms with Gasteiger partial charge >= 0.3 is 6.18 Å². The maximum Gasteiger partial charge on any atom is 0.416 e. The fourth-order valence-corrected chi connectivity index (χ4v) is 2.87. The number of rotatable bonds is 3. The van der Waals surface area contributed by atoms with Crippen LogP contribution < -0.4 is 4.74 Å². The van der Waals surface area contributed by atoms with Crippen molar-refractivity contribution in [1.82, 2.24) is 9.88 Å². The van der Waals surface area contributed by atoms with Crippen molar-refractivity contribution in [3.05, 3.63) is 58.2 Å². The van der Waals surface area contributed by atoms with Crippen LogP contribution in [0.4, 0.5) is 13.2 Å². The molecule has 0 bridgehead atoms. The highest BCUT2D eigenvalue weighted by Gasteiger charge is 2.32. The van der Waals surface area contributed by atoms with Crippen molar-refractivity contribution in [2.45, 2.75) is 18.7 Å². The van der Waals surface area contributed by atoms with Gasteiger partial charge in [0.15, 0.2) is 0 Å². The largest absolute Gasteiger partial charge is 0.472 e. The van der Waals surface area contributed by atoms with E-state index in [1.165, 1.54) is 0 Å². The van der Waals surface area contributed by atoms with Crippen molar-refractivity contribution in [3.8, 4) is 5.88 Å². The Morgan fingerprint density at radius 1 is 1.24 bits per heavy atom. The summed E-state index contributed by atoms with van der Waals surface area (Å²) in [5.74, 6) is -0.214. The molecule has 1 unspecified atom stereocenters. The number of hydrogen-bond acceptors (Lipinski definition) is 3. The summed E-state index contributed by atoms with van der Waals surface area (Å²) < 4.78 is 44.6. The first-order valence-corrected chi connectivity index (χ1v) is 8.37. The molecule has 1 aromatic heterocycles. The second-order valence-electron chi connectivity index (χ2n) is 5.67. The molecule has 1 saturated heterocycles. The van der Waals surface area contributed by atoms with Gasteiger partial charge in [-0.25, -0.2) is 4.98 Å². The number of carbonyl (C=O) groups is 1. The summed E-state index contributed by atoms with van der Waals surface area (Å²) in [6.07, 6.45) is -3.21. The van der Waals surface area contributed by atoms with E-state index in [0.29, 0.717) is 25.1 Å². The fraction of sp³-hybridized carbons (Fsp3) is 0.294. The molecule has 25 heavy (non-hydrogen) atoms. The molecule has 0 saturated carbocycles. The van der Waals surface area contributed by atoms with E-state index in [0.717, 1.165) is 22.8 Å². The lowest BCUT2D eigenvalue weighted by Crippen LogP contribution is -2.31. The molecule has 2 heterocycles. The summed E-state index contributed by atoms with van der Waals surface area (Å²) in [6.45, 7) is 0.797. The van der Waals surface area contributed by atoms with Gasteiger partial charge in [-0.15, -0.1) is 0 Å². The first-order valence-electron chi connectivity index (χ1n) is 7.57. The molecule has 1 atom stereocenters. The van der Waals surface area contributed by atoms with Crippen molar-refractivity contribution in [2.24, 2.45) is 0 Å². The lowest BCUT2D eigenvalue weighted by Gasteiger charge is -2.17. The van der Waals surface area contributed by atoms with E-state index in [2.05, 4.69) is 20.9 Å². The number of nitrogens with zero attached hydrogens (tertiary/aromatic N) is 2. The van der Waals surface area contributed by atoms with Crippen LogP contribution in [0.5, 0.6) is 5.88 Å². The standard InChI is InChI=1S/C17H14BrF3N2O2/c18-13-3-1-11(2-4-13)16(24)23-8-6-14(10-23)25-15-9-12(5-7-22-15)17(19,20)21/h1-5,7,9,14H,6,8,10H2. The number of amides is 1. The Hall–Kier alpha value is -2.09. The molecule has 1 fully saturated rings. The van der Waals surface area contributed by atoms with E-state index in [1.54, 1.807) is 29.2 Å². The third-order valence-electron chi connectivity index (χ3n) is 3.87. The number of carbonyl (C=O) groups excluding carboxylic acids is 1. The molecular formula is C17H14BrF3N2O2. The SMILES string of the molecule is O=C(c1ccc(Br)cc1)N1CCC(Oc2cc(C(F)(F)F)ccn2)C1. The van der Waals surface area contributed by atoms with Gasteiger partial charge in [0.25, 0.3) is 5.91 Å². The van der Waals surface area contributed by atoms with Crippen LogP contribution in [0.15, 0.2) is 47.1 Å². The van der Waals surface area contributed by atoms with Crippen molar-refractivity contribution < 1.29 is 22.7 Å². The molecule has 0 aliphatic carbocycles. The zero-order valence-electron chi connectivity index (χ0n) is 13.0. The molecule has 2 aromatic rings. The van der Waals surface area contributed by atoms with Crippen molar-refractivity contribution >= 4 is 21.8 Å². The number of halogens is 4. The summed E-state index contributed by atoms with van der Waals surface area (Å²) in [5.41, 5.74) is -0.251. The minimum Gasteiger partial charge on any atom is -0.472 e. The maximum absolute atomic E-state index is 12.7. The normalized spacial score (nSPS) is 17.6. The van der Waals surface area contributed by atoms with Crippen molar-refractivity contribution in [2.75, 3.05) is 13.1 Å². The van der Waals surface area contributed by atoms with Gasteiger partial charge in [-0.05, 0) is 30.3 Å². The number of alkyl halides is 3. The molecule has 1 aliphatic rings. The van der Waals surface area contributed by atoms with E-state index in [1.807, 2.05) is 0 Å². The van der Waals surface area contributed by atoms with Crippen LogP contribution in [-0.4, -0.2) is 35.0 Å². The molecule has 132 valence electrons. The molecular weight excluding hydrogens is 401 g/mol. The molecule has 3 rings (SSSR count). The number of pyridine rings is 1. The van der Waals surface area contributed by atoms with Crippen LogP contribution in [0.3, 0.4) is 0 Å². The fourth-order valence-electron chi connectivity index (χ4n) is 2.60. The Bertz CT molecular complexity index is 765. The van der Waals surface area contributed by atoms with Gasteiger partial charge in [0, 0.05) is 35.3 Å². The lowest BCUT2D eigenvalue weighted by molar-refractivity contribution is -0.137. The average molecular weight is 415 g/mol. The van der Waals surface area contributed by atoms with Gasteiger partial charge in [0.05, 0.1) is 12.1 Å². The second kappa shape index (κ2) is 7.03. The highest BCUT2D eigenvalue weighted by Crippen LogP contribution is 2.31. The van der Waals surface area contributed by atoms with Gasteiger partial charge < -0.3 is 9.64 Å². The summed E-state index contributed by atoms with van der Waals surface area (Å²) in [7, 11) is 0. The van der Waals surface area contributed by atoms with Gasteiger partial charge in [-0.2, -0.15) is 13.2 Å². The Kier molecular flexibility index (Phi) is 4.99. The summed E-state index contributed by atoms with van der Waals surface area (Å²) in [6, 6.07) is 8.77. The first-order chi connectivity index (χ1) is 11.8. The third-order valence-corrected chi connectivity index (χ3v) is 4.40. The maximum atomic E-state index is 12.7. The van der Waals surface area contributed by atoms with Gasteiger partial charge in [-0.1, -0.05) is 15.9 Å². The van der Waals surface area contributed by atoms with Gasteiger partial charge in [0.2, 0.25) is 5.88 Å². The van der Waals surface area contributed by atoms with Crippen molar-refractivity contribution in [3.63, 3.8) is 0 Å². The van der Waals surface area contributed by atoms with Crippen LogP contribution in [0.2, 0.25) is 0 Å². The molecule has 1 aromatic carbocycles. The van der Waals surface area contributed by atoms with Crippen LogP contribution in [0.1, 0.15) is 22.3 Å². The van der Waals surface area contributed by atoms with Crippen LogP contribution in [0.25, 0.3) is 0 Å². The molecule has 1 amide bonds. The third kappa shape index (κ3) is 4.31. The quantitative estimate of drug-likeness (QED) is 0.757. The summed E-state index contributed by atoms with van der Waals surface area (Å²) in [4.78, 5) is 17.9. The number of ether oxygens (including phenoxy) is 1. The zero-order valence-corrected chi connectivity index (χ0v) is 14.5. The second-order valence-corrected chi connectivity index (χ2v) is 6.58. The first kappa shape index (κ1) is 17.7. The van der Waals surface area contributed by atoms with Crippen LogP contribution in [-0.2, 0) is 6.18 Å². The Morgan fingerprint density at radius 3 is 2.64 bits per heavy atom. The van der Waals surface area contributed by atoms with Crippen molar-refractivity contribution in [1.29, 1.82) is 0 Å². The lowest BCUT2D eigenvalue weighted by atomic mass is 10.2. The molecule has 0 spiro atoms. The van der Waals surface area contributed by atoms with E-state index in [-0.39, 0.29) is 17.9 Å². The number of benzene rings is 1. The predicted molar refractivity (Wildman–Crippen MR) is 88.3 cm³/mol. The Labute approximate surface area is 150 Å². The average Bonchev–Trinajstić information content (AvgIpc) is 3.03. The summed E-state index contributed by atoms with van der Waals surface area (Å²) in [5, 5.41) is 0. The molecule has 1 aliphatic heterocycles. The van der Waals surface area contributed by atoms with Crippen LogP contribution >= 0.6 is 15.9 Å². The molecule has 8 heteroatoms. The summed E-state index contributed by atoms with van der Waals surface area (Å²) >= 11 is 3.31. The predicted octanol–water partition coefficient (Wildman–Crippen LogP) is 4.16. The van der Waals surface area contributed by atoms with E-state index in [9.17, 15) is 18.0 Å². The van der Waals surface area contributed by atoms with Crippen LogP contribution in [0, 0.1) is 0 Å².